The molecule has 312 valence electrons. The van der Waals surface area contributed by atoms with Gasteiger partial charge in [0, 0.05) is 37.0 Å². The minimum absolute atomic E-state index is 0.0480. The van der Waals surface area contributed by atoms with Gasteiger partial charge in [-0.05, 0) is 151 Å². The monoisotopic (exact) mass is 754 g/mol. The highest BCUT2D eigenvalue weighted by Gasteiger charge is 2.59. The van der Waals surface area contributed by atoms with Crippen molar-refractivity contribution >= 4 is 11.9 Å². The molecule has 0 bridgehead atoms. The Labute approximate surface area is 333 Å². The summed E-state index contributed by atoms with van der Waals surface area (Å²) in [6.07, 6.45) is 24.0. The van der Waals surface area contributed by atoms with Crippen LogP contribution in [-0.4, -0.2) is 47.0 Å². The van der Waals surface area contributed by atoms with Crippen molar-refractivity contribution in [2.24, 2.45) is 63.7 Å². The molecule has 0 aromatic heterocycles. The molecule has 0 spiro atoms. The van der Waals surface area contributed by atoms with E-state index < -0.39 is 0 Å². The second kappa shape index (κ2) is 19.4. The van der Waals surface area contributed by atoms with Crippen LogP contribution in [0.3, 0.4) is 0 Å². The molecule has 54 heavy (non-hydrogen) atoms. The van der Waals surface area contributed by atoms with Crippen LogP contribution >= 0.6 is 0 Å². The molecule has 0 aliphatic heterocycles. The zero-order chi connectivity index (χ0) is 39.9. The van der Waals surface area contributed by atoms with Crippen LogP contribution < -0.4 is 11.5 Å². The summed E-state index contributed by atoms with van der Waals surface area (Å²) in [4.78, 5) is 28.5. The molecule has 1 amide bonds. The molecule has 9 atom stereocenters. The van der Waals surface area contributed by atoms with Crippen LogP contribution in [0.4, 0.5) is 0 Å². The number of amides is 1. The molecule has 4 N–H and O–H groups in total. The maximum atomic E-state index is 13.4. The quantitative estimate of drug-likeness (QED) is 0.0691. The lowest BCUT2D eigenvalue weighted by Crippen LogP contribution is -2.51. The standard InChI is InChI=1S/C48H87N3O3/c1-11-36(34(2)3)18-17-35(4)40-21-22-41-39-20-19-37-33-38(25-28-47(37,9)42(39)26-29-48(40,41)10)54-44(53)24-23-43(52)51(32-30-46(7,8)50)31-16-14-12-13-15-27-45(5,6)49/h19,34-36,38-42H,11-18,20-33,49-50H2,1-10H3/t35-,36-,38?,39?,40?,41?,42?,47?,48?/m1/s1. The molecular weight excluding hydrogens is 667 g/mol. The molecule has 6 heteroatoms. The number of fused-ring (bicyclic) bond motifs is 5. The van der Waals surface area contributed by atoms with E-state index in [-0.39, 0.29) is 47.3 Å². The normalized spacial score (nSPS) is 30.9. The molecule has 0 aromatic carbocycles. The number of rotatable bonds is 21. The fraction of sp³-hybridized carbons (Fsp3) is 0.917. The molecule has 0 radical (unpaired) electrons. The minimum atomic E-state index is -0.337. The lowest BCUT2D eigenvalue weighted by atomic mass is 9.47. The van der Waals surface area contributed by atoms with E-state index in [2.05, 4.69) is 61.5 Å². The zero-order valence-electron chi connectivity index (χ0n) is 37.1. The molecule has 4 aliphatic rings. The van der Waals surface area contributed by atoms with E-state index in [4.69, 9.17) is 16.2 Å². The lowest BCUT2D eigenvalue weighted by molar-refractivity contribution is -0.153. The van der Waals surface area contributed by atoms with E-state index in [0.717, 1.165) is 106 Å². The fourth-order valence-electron chi connectivity index (χ4n) is 12.2. The maximum Gasteiger partial charge on any atom is 0.306 e. The van der Waals surface area contributed by atoms with Crippen molar-refractivity contribution in [2.75, 3.05) is 13.1 Å². The molecule has 0 saturated heterocycles. The second-order valence-corrected chi connectivity index (χ2v) is 21.4. The summed E-state index contributed by atoms with van der Waals surface area (Å²) in [5.41, 5.74) is 14.3. The zero-order valence-corrected chi connectivity index (χ0v) is 37.1. The number of carbonyl (C=O) groups excluding carboxylic acids is 2. The third kappa shape index (κ3) is 12.1. The Morgan fingerprint density at radius 2 is 1.54 bits per heavy atom. The third-order valence-corrected chi connectivity index (χ3v) is 15.7. The van der Waals surface area contributed by atoms with Gasteiger partial charge in [-0.2, -0.15) is 0 Å². The van der Waals surface area contributed by atoms with Crippen LogP contribution in [0.5, 0.6) is 0 Å². The van der Waals surface area contributed by atoms with Gasteiger partial charge in [0.2, 0.25) is 5.91 Å². The summed E-state index contributed by atoms with van der Waals surface area (Å²) in [6, 6.07) is 0. The predicted molar refractivity (Wildman–Crippen MR) is 227 cm³/mol. The fourth-order valence-corrected chi connectivity index (χ4v) is 12.2. The van der Waals surface area contributed by atoms with Gasteiger partial charge in [0.15, 0.2) is 0 Å². The molecule has 4 aliphatic carbocycles. The minimum Gasteiger partial charge on any atom is -0.462 e. The van der Waals surface area contributed by atoms with Gasteiger partial charge in [-0.25, -0.2) is 0 Å². The summed E-state index contributed by atoms with van der Waals surface area (Å²) < 4.78 is 6.13. The number of hydrogen-bond acceptors (Lipinski definition) is 5. The number of carbonyl (C=O) groups is 2. The van der Waals surface area contributed by atoms with E-state index in [1.165, 1.54) is 57.8 Å². The van der Waals surface area contributed by atoms with Crippen molar-refractivity contribution in [3.05, 3.63) is 11.6 Å². The lowest BCUT2D eigenvalue weighted by Gasteiger charge is -2.58. The first-order chi connectivity index (χ1) is 25.3. The first-order valence-electron chi connectivity index (χ1n) is 23.0. The predicted octanol–water partition coefficient (Wildman–Crippen LogP) is 11.4. The summed E-state index contributed by atoms with van der Waals surface area (Å²) in [6.45, 7) is 24.6. The van der Waals surface area contributed by atoms with Crippen LogP contribution in [0.15, 0.2) is 11.6 Å². The Kier molecular flexibility index (Phi) is 16.2. The molecule has 7 unspecified atom stereocenters. The number of nitrogens with zero attached hydrogens (tertiary/aromatic N) is 1. The molecule has 3 saturated carbocycles. The number of esters is 1. The Balaban J connectivity index is 1.26. The molecular formula is C48H87N3O3. The Morgan fingerprint density at radius 1 is 0.852 bits per heavy atom. The number of ether oxygens (including phenoxy) is 1. The van der Waals surface area contributed by atoms with Gasteiger partial charge >= 0.3 is 5.97 Å². The van der Waals surface area contributed by atoms with Crippen molar-refractivity contribution in [1.29, 1.82) is 0 Å². The highest BCUT2D eigenvalue weighted by Crippen LogP contribution is 2.67. The van der Waals surface area contributed by atoms with Crippen molar-refractivity contribution in [2.45, 2.75) is 215 Å². The summed E-state index contributed by atoms with van der Waals surface area (Å²) in [5.74, 6) is 5.60. The number of nitrogens with two attached hydrogens (primary N) is 2. The van der Waals surface area contributed by atoms with Gasteiger partial charge in [-0.1, -0.05) is 91.7 Å². The topological polar surface area (TPSA) is 98.7 Å². The molecule has 4 rings (SSSR count). The summed E-state index contributed by atoms with van der Waals surface area (Å²) in [5, 5.41) is 0. The summed E-state index contributed by atoms with van der Waals surface area (Å²) in [7, 11) is 0. The third-order valence-electron chi connectivity index (χ3n) is 15.7. The van der Waals surface area contributed by atoms with Crippen molar-refractivity contribution in [1.82, 2.24) is 4.90 Å². The Hall–Kier alpha value is -1.40. The summed E-state index contributed by atoms with van der Waals surface area (Å²) >= 11 is 0. The van der Waals surface area contributed by atoms with Gasteiger partial charge in [-0.3, -0.25) is 9.59 Å². The van der Waals surface area contributed by atoms with E-state index >= 15 is 0 Å². The van der Waals surface area contributed by atoms with Gasteiger partial charge in [0.1, 0.15) is 6.10 Å². The van der Waals surface area contributed by atoms with Crippen LogP contribution in [-0.2, 0) is 14.3 Å². The first-order valence-corrected chi connectivity index (χ1v) is 23.0. The van der Waals surface area contributed by atoms with E-state index in [0.29, 0.717) is 12.0 Å². The van der Waals surface area contributed by atoms with Crippen LogP contribution in [0.25, 0.3) is 0 Å². The smallest absolute Gasteiger partial charge is 0.306 e. The highest BCUT2D eigenvalue weighted by atomic mass is 16.5. The Bertz CT molecular complexity index is 1230. The van der Waals surface area contributed by atoms with Gasteiger partial charge < -0.3 is 21.1 Å². The molecule has 6 nitrogen and oxygen atoms in total. The highest BCUT2D eigenvalue weighted by molar-refractivity contribution is 5.81. The van der Waals surface area contributed by atoms with Crippen LogP contribution in [0.2, 0.25) is 0 Å². The van der Waals surface area contributed by atoms with Crippen molar-refractivity contribution < 1.29 is 14.3 Å². The SMILES string of the molecule is CC[C@H](CC[C@@H](C)C1CCC2C3CC=C4CC(OC(=O)CCC(=O)N(CCCCCCCC(C)(C)N)CCC(C)(C)N)CCC4(C)C3CCC21C)C(C)C. The maximum absolute atomic E-state index is 13.4. The van der Waals surface area contributed by atoms with Crippen LogP contribution in [0, 0.1) is 52.3 Å². The van der Waals surface area contributed by atoms with Crippen molar-refractivity contribution in [3.63, 3.8) is 0 Å². The van der Waals surface area contributed by atoms with Gasteiger partial charge in [0.25, 0.3) is 0 Å². The first kappa shape index (κ1) is 45.3. The van der Waals surface area contributed by atoms with E-state index in [1.807, 2.05) is 18.7 Å². The van der Waals surface area contributed by atoms with Gasteiger partial charge in [-0.15, -0.1) is 0 Å². The second-order valence-electron chi connectivity index (χ2n) is 21.4. The van der Waals surface area contributed by atoms with Crippen LogP contribution in [0.1, 0.15) is 198 Å². The van der Waals surface area contributed by atoms with E-state index in [9.17, 15) is 9.59 Å². The number of allylic oxidation sites excluding steroid dienone is 1. The largest absolute Gasteiger partial charge is 0.462 e. The van der Waals surface area contributed by atoms with E-state index in [1.54, 1.807) is 5.57 Å². The van der Waals surface area contributed by atoms with Gasteiger partial charge in [0.05, 0.1) is 6.42 Å². The average molecular weight is 754 g/mol. The molecule has 0 heterocycles. The molecule has 0 aromatic rings. The Morgan fingerprint density at radius 3 is 2.20 bits per heavy atom. The average Bonchev–Trinajstić information content (AvgIpc) is 3.44. The van der Waals surface area contributed by atoms with Crippen molar-refractivity contribution in [3.8, 4) is 0 Å². The number of hydrogen-bond donors (Lipinski definition) is 2. The molecule has 3 fully saturated rings. The number of unbranched alkanes of at least 4 members (excludes halogenated alkanes) is 4.